The fourth-order valence-electron chi connectivity index (χ4n) is 3.41. The van der Waals surface area contributed by atoms with E-state index in [1.165, 1.54) is 16.9 Å². The van der Waals surface area contributed by atoms with E-state index in [4.69, 9.17) is 0 Å². The minimum absolute atomic E-state index is 0.00277. The van der Waals surface area contributed by atoms with Gasteiger partial charge in [-0.15, -0.1) is 11.3 Å². The Morgan fingerprint density at radius 2 is 1.96 bits per heavy atom. The number of H-pyrrole nitrogens is 1. The number of aromatic nitrogens is 4. The summed E-state index contributed by atoms with van der Waals surface area (Å²) in [7, 11) is 0. The third kappa shape index (κ3) is 1.81. The van der Waals surface area contributed by atoms with Crippen molar-refractivity contribution in [2.75, 3.05) is 0 Å². The van der Waals surface area contributed by atoms with Crippen molar-refractivity contribution >= 4 is 27.3 Å². The molecule has 4 aromatic rings. The largest absolute Gasteiger partial charge is 0.269 e. The van der Waals surface area contributed by atoms with Gasteiger partial charge in [-0.3, -0.25) is 4.79 Å². The molecule has 0 saturated carbocycles. The minimum Gasteiger partial charge on any atom is -0.268 e. The van der Waals surface area contributed by atoms with Crippen LogP contribution in [0.15, 0.2) is 35.1 Å². The molecule has 1 aliphatic rings. The lowest BCUT2D eigenvalue weighted by Gasteiger charge is -2.09. The molecule has 1 aliphatic carbocycles. The lowest BCUT2D eigenvalue weighted by atomic mass is 9.97. The zero-order chi connectivity index (χ0) is 15.4. The summed E-state index contributed by atoms with van der Waals surface area (Å²) in [4.78, 5) is 20.0. The number of nitrogens with one attached hydrogen (secondary N) is 1. The average molecular weight is 322 g/mol. The van der Waals surface area contributed by atoms with Gasteiger partial charge in [-0.05, 0) is 31.2 Å². The molecular formula is C17H14N4OS. The van der Waals surface area contributed by atoms with Crippen LogP contribution in [0.4, 0.5) is 0 Å². The molecule has 0 amide bonds. The molecule has 3 aromatic heterocycles. The lowest BCUT2D eigenvalue weighted by Crippen LogP contribution is -2.16. The molecule has 1 N–H and O–H groups in total. The first-order chi connectivity index (χ1) is 11.3. The lowest BCUT2D eigenvalue weighted by molar-refractivity contribution is 0.700. The highest BCUT2D eigenvalue weighted by molar-refractivity contribution is 7.18. The van der Waals surface area contributed by atoms with Crippen LogP contribution in [0, 0.1) is 0 Å². The van der Waals surface area contributed by atoms with Crippen LogP contribution in [-0.4, -0.2) is 19.6 Å². The highest BCUT2D eigenvalue weighted by Gasteiger charge is 2.22. The van der Waals surface area contributed by atoms with E-state index in [0.717, 1.165) is 35.0 Å². The van der Waals surface area contributed by atoms with Gasteiger partial charge in [-0.2, -0.15) is 5.10 Å². The molecule has 3 heterocycles. The number of nitrogens with zero attached hydrogens (tertiary/aromatic N) is 3. The Balaban J connectivity index is 1.89. The van der Waals surface area contributed by atoms with Gasteiger partial charge >= 0.3 is 0 Å². The van der Waals surface area contributed by atoms with Crippen LogP contribution in [0.3, 0.4) is 0 Å². The summed E-state index contributed by atoms with van der Waals surface area (Å²) in [6.45, 7) is 0. The minimum atomic E-state index is -0.00277. The molecule has 0 bridgehead atoms. The van der Waals surface area contributed by atoms with Gasteiger partial charge < -0.3 is 0 Å². The summed E-state index contributed by atoms with van der Waals surface area (Å²) in [6.07, 6.45) is 4.41. The summed E-state index contributed by atoms with van der Waals surface area (Å²) >= 11 is 1.66. The molecule has 0 fully saturated rings. The molecule has 5 rings (SSSR count). The van der Waals surface area contributed by atoms with Crippen molar-refractivity contribution < 1.29 is 0 Å². The number of aryl methyl sites for hydroxylation is 2. The van der Waals surface area contributed by atoms with Crippen LogP contribution in [0.5, 0.6) is 0 Å². The van der Waals surface area contributed by atoms with Crippen LogP contribution >= 0.6 is 11.3 Å². The van der Waals surface area contributed by atoms with Crippen LogP contribution < -0.4 is 5.56 Å². The fraction of sp³-hybridized carbons (Fsp3) is 0.235. The van der Waals surface area contributed by atoms with E-state index in [1.807, 2.05) is 30.3 Å². The maximum absolute atomic E-state index is 13.1. The van der Waals surface area contributed by atoms with E-state index in [2.05, 4.69) is 15.2 Å². The average Bonchev–Trinajstić information content (AvgIpc) is 3.17. The summed E-state index contributed by atoms with van der Waals surface area (Å²) in [5.41, 5.74) is 2.12. The number of aromatic amines is 1. The van der Waals surface area contributed by atoms with Crippen LogP contribution in [0.2, 0.25) is 0 Å². The van der Waals surface area contributed by atoms with E-state index >= 15 is 0 Å². The summed E-state index contributed by atoms with van der Waals surface area (Å²) in [5.74, 6) is 1.13. The van der Waals surface area contributed by atoms with Crippen molar-refractivity contribution in [3.05, 3.63) is 51.1 Å². The van der Waals surface area contributed by atoms with Gasteiger partial charge in [0, 0.05) is 10.4 Å². The molecule has 5 nitrogen and oxygen atoms in total. The van der Waals surface area contributed by atoms with Gasteiger partial charge in [0.2, 0.25) is 5.78 Å². The summed E-state index contributed by atoms with van der Waals surface area (Å²) in [5, 5.41) is 8.02. The summed E-state index contributed by atoms with van der Waals surface area (Å²) < 4.78 is 1.61. The zero-order valence-electron chi connectivity index (χ0n) is 12.4. The Labute approximate surface area is 135 Å². The predicted molar refractivity (Wildman–Crippen MR) is 91.1 cm³/mol. The first kappa shape index (κ1) is 13.0. The molecular weight excluding hydrogens is 308 g/mol. The van der Waals surface area contributed by atoms with Crippen molar-refractivity contribution in [2.24, 2.45) is 0 Å². The van der Waals surface area contributed by atoms with Gasteiger partial charge in [0.1, 0.15) is 4.83 Å². The third-order valence-electron chi connectivity index (χ3n) is 4.49. The first-order valence-corrected chi connectivity index (χ1v) is 8.61. The van der Waals surface area contributed by atoms with E-state index in [-0.39, 0.29) is 5.56 Å². The first-order valence-electron chi connectivity index (χ1n) is 7.80. The van der Waals surface area contributed by atoms with Crippen molar-refractivity contribution in [1.82, 2.24) is 19.6 Å². The Bertz CT molecular complexity index is 1090. The summed E-state index contributed by atoms with van der Waals surface area (Å²) in [6, 6.07) is 9.75. The number of benzene rings is 1. The molecule has 6 heteroatoms. The molecule has 0 unspecified atom stereocenters. The van der Waals surface area contributed by atoms with Gasteiger partial charge in [0.25, 0.3) is 5.56 Å². The molecule has 114 valence electrons. The number of thiophene rings is 1. The van der Waals surface area contributed by atoms with Crippen molar-refractivity contribution in [2.45, 2.75) is 25.7 Å². The number of fused-ring (bicyclic) bond motifs is 4. The van der Waals surface area contributed by atoms with E-state index in [1.54, 1.807) is 15.7 Å². The normalized spacial score (nSPS) is 14.4. The Morgan fingerprint density at radius 1 is 1.13 bits per heavy atom. The van der Waals surface area contributed by atoms with Gasteiger partial charge in [0.05, 0.1) is 5.39 Å². The van der Waals surface area contributed by atoms with Crippen LogP contribution in [0.1, 0.15) is 23.3 Å². The maximum atomic E-state index is 13.1. The highest BCUT2D eigenvalue weighted by Crippen LogP contribution is 2.34. The topological polar surface area (TPSA) is 63.0 Å². The molecule has 23 heavy (non-hydrogen) atoms. The van der Waals surface area contributed by atoms with Crippen LogP contribution in [-0.2, 0) is 12.8 Å². The van der Waals surface area contributed by atoms with Gasteiger partial charge in [-0.25, -0.2) is 14.5 Å². The van der Waals surface area contributed by atoms with E-state index < -0.39 is 0 Å². The maximum Gasteiger partial charge on any atom is 0.269 e. The molecule has 0 radical (unpaired) electrons. The zero-order valence-corrected chi connectivity index (χ0v) is 13.2. The van der Waals surface area contributed by atoms with Crippen molar-refractivity contribution in [3.8, 4) is 11.4 Å². The molecule has 0 spiro atoms. The molecule has 0 aliphatic heterocycles. The smallest absolute Gasteiger partial charge is 0.268 e. The number of hydrogen-bond acceptors (Lipinski definition) is 4. The van der Waals surface area contributed by atoms with Crippen LogP contribution in [0.25, 0.3) is 27.4 Å². The molecule has 0 atom stereocenters. The third-order valence-corrected chi connectivity index (χ3v) is 5.68. The monoisotopic (exact) mass is 322 g/mol. The van der Waals surface area contributed by atoms with Gasteiger partial charge in [-0.1, -0.05) is 30.3 Å². The second kappa shape index (κ2) is 4.76. The second-order valence-corrected chi connectivity index (χ2v) is 6.96. The quantitative estimate of drug-likeness (QED) is 0.585. The van der Waals surface area contributed by atoms with E-state index in [0.29, 0.717) is 11.6 Å². The Morgan fingerprint density at radius 3 is 2.83 bits per heavy atom. The molecule has 0 saturated heterocycles. The SMILES string of the molecule is O=c1c2c3c(sc2nc2[nH]nc(-c4ccccc4)n12)CCCC3. The standard InChI is InChI=1S/C17H14N4OS/c22-16-13-11-8-4-5-9-12(11)23-15(13)18-17-20-19-14(21(16)17)10-6-2-1-3-7-10/h1-3,6-7H,4-5,8-9H2,(H,18,20). The predicted octanol–water partition coefficient (Wildman–Crippen LogP) is 3.18. The fourth-order valence-corrected chi connectivity index (χ4v) is 4.66. The van der Waals surface area contributed by atoms with Crippen molar-refractivity contribution in [3.63, 3.8) is 0 Å². The van der Waals surface area contributed by atoms with Gasteiger partial charge in [0.15, 0.2) is 5.82 Å². The van der Waals surface area contributed by atoms with E-state index in [9.17, 15) is 4.79 Å². The number of rotatable bonds is 1. The Hall–Kier alpha value is -2.47. The number of hydrogen-bond donors (Lipinski definition) is 1. The highest BCUT2D eigenvalue weighted by atomic mass is 32.1. The van der Waals surface area contributed by atoms with Crippen molar-refractivity contribution in [1.29, 1.82) is 0 Å². The Kier molecular flexibility index (Phi) is 2.69. The second-order valence-electron chi connectivity index (χ2n) is 5.88. The molecule has 1 aromatic carbocycles.